The van der Waals surface area contributed by atoms with Gasteiger partial charge in [0, 0.05) is 32.8 Å². The molecule has 2 aliphatic rings. The van der Waals surface area contributed by atoms with Crippen LogP contribution in [-0.4, -0.2) is 38.9 Å². The molecule has 1 fully saturated rings. The van der Waals surface area contributed by atoms with Crippen molar-refractivity contribution in [3.05, 3.63) is 47.5 Å². The van der Waals surface area contributed by atoms with Crippen molar-refractivity contribution in [1.29, 1.82) is 0 Å². The average Bonchev–Trinajstić information content (AvgIpc) is 2.78. The number of aryl methyl sites for hydroxylation is 2. The highest BCUT2D eigenvalue weighted by molar-refractivity contribution is 6.00. The van der Waals surface area contributed by atoms with Crippen molar-refractivity contribution in [1.82, 2.24) is 14.5 Å². The Kier molecular flexibility index (Phi) is 4.12. The molecule has 3 heterocycles. The molecule has 1 atom stereocenters. The monoisotopic (exact) mass is 339 g/mol. The number of hydrogen-bond acceptors (Lipinski definition) is 4. The van der Waals surface area contributed by atoms with Crippen LogP contribution >= 0.6 is 0 Å². The maximum Gasteiger partial charge on any atom is 0.170 e. The van der Waals surface area contributed by atoms with Crippen molar-refractivity contribution in [2.45, 2.75) is 44.8 Å². The van der Waals surface area contributed by atoms with E-state index in [-0.39, 0.29) is 11.4 Å². The van der Waals surface area contributed by atoms with Crippen LogP contribution in [0.5, 0.6) is 5.75 Å². The number of nitrogens with zero attached hydrogens (tertiary/aromatic N) is 3. The predicted molar refractivity (Wildman–Crippen MR) is 95.8 cm³/mol. The second kappa shape index (κ2) is 6.30. The second-order valence-corrected chi connectivity index (χ2v) is 7.40. The van der Waals surface area contributed by atoms with E-state index in [2.05, 4.69) is 20.6 Å². The van der Waals surface area contributed by atoms with Gasteiger partial charge in [-0.05, 0) is 38.4 Å². The summed E-state index contributed by atoms with van der Waals surface area (Å²) in [5.41, 5.74) is 1.51. The molecule has 132 valence electrons. The first-order valence-corrected chi connectivity index (χ1v) is 9.07. The lowest BCUT2D eigenvalue weighted by molar-refractivity contribution is 0.0298. The number of ether oxygens (including phenoxy) is 1. The molecule has 5 nitrogen and oxygen atoms in total. The van der Waals surface area contributed by atoms with Crippen LogP contribution < -0.4 is 4.74 Å². The Morgan fingerprint density at radius 2 is 2.08 bits per heavy atom. The van der Waals surface area contributed by atoms with Crippen LogP contribution in [0.4, 0.5) is 0 Å². The number of carbonyl (C=O) groups excluding carboxylic acids is 1. The largest absolute Gasteiger partial charge is 0.486 e. The van der Waals surface area contributed by atoms with Gasteiger partial charge in [0.25, 0.3) is 0 Å². The zero-order valence-corrected chi connectivity index (χ0v) is 15.0. The summed E-state index contributed by atoms with van der Waals surface area (Å²) in [6.07, 6.45) is 5.47. The lowest BCUT2D eigenvalue weighted by Gasteiger charge is -2.37. The molecule has 0 radical (unpaired) electrons. The summed E-state index contributed by atoms with van der Waals surface area (Å²) >= 11 is 0. The lowest BCUT2D eigenvalue weighted by Crippen LogP contribution is -2.42. The Bertz CT molecular complexity index is 778. The third-order valence-electron chi connectivity index (χ3n) is 5.53. The number of hydrogen-bond donors (Lipinski definition) is 0. The van der Waals surface area contributed by atoms with Crippen molar-refractivity contribution in [2.75, 3.05) is 13.1 Å². The van der Waals surface area contributed by atoms with E-state index in [0.717, 1.165) is 61.7 Å². The van der Waals surface area contributed by atoms with Gasteiger partial charge < -0.3 is 9.30 Å². The highest BCUT2D eigenvalue weighted by Crippen LogP contribution is 2.39. The van der Waals surface area contributed by atoms with E-state index in [1.807, 2.05) is 38.2 Å². The van der Waals surface area contributed by atoms with Gasteiger partial charge in [-0.3, -0.25) is 9.69 Å². The molecule has 1 unspecified atom stereocenters. The Morgan fingerprint density at radius 3 is 2.88 bits per heavy atom. The van der Waals surface area contributed by atoms with E-state index in [0.29, 0.717) is 6.42 Å². The maximum absolute atomic E-state index is 12.6. The molecule has 2 aromatic rings. The van der Waals surface area contributed by atoms with Crippen molar-refractivity contribution < 1.29 is 9.53 Å². The Labute approximate surface area is 148 Å². The highest BCUT2D eigenvalue weighted by Gasteiger charge is 2.41. The summed E-state index contributed by atoms with van der Waals surface area (Å²) < 4.78 is 8.43. The predicted octanol–water partition coefficient (Wildman–Crippen LogP) is 3.12. The van der Waals surface area contributed by atoms with Crippen molar-refractivity contribution in [3.8, 4) is 5.75 Å². The molecule has 0 amide bonds. The summed E-state index contributed by atoms with van der Waals surface area (Å²) in [6.45, 7) is 4.85. The molecule has 1 spiro atoms. The zero-order chi connectivity index (χ0) is 17.4. The first-order chi connectivity index (χ1) is 12.0. The Hall–Kier alpha value is -2.14. The summed E-state index contributed by atoms with van der Waals surface area (Å²) in [4.78, 5) is 19.6. The number of imidazole rings is 1. The number of aromatic nitrogens is 2. The van der Waals surface area contributed by atoms with E-state index in [1.54, 1.807) is 0 Å². The standard InChI is InChI=1S/C20H25N3O2/c1-15-21-16(13-22(15)2)14-23-10-5-8-20(9-11-23)12-18(24)17-6-3-4-7-19(17)25-20/h3-4,6-7,13H,5,8-12,14H2,1-2H3. The number of benzene rings is 1. The minimum atomic E-state index is -0.333. The van der Waals surface area contributed by atoms with Gasteiger partial charge in [-0.1, -0.05) is 12.1 Å². The SMILES string of the molecule is Cc1nc(CN2CCCC3(CC2)CC(=O)c2ccccc2O3)cn1C. The van der Waals surface area contributed by atoms with Gasteiger partial charge in [0.05, 0.1) is 17.7 Å². The quantitative estimate of drug-likeness (QED) is 0.843. The first kappa shape index (κ1) is 16.3. The van der Waals surface area contributed by atoms with Crippen LogP contribution in [-0.2, 0) is 13.6 Å². The Morgan fingerprint density at radius 1 is 1.24 bits per heavy atom. The second-order valence-electron chi connectivity index (χ2n) is 7.40. The fourth-order valence-corrected chi connectivity index (χ4v) is 4.04. The van der Waals surface area contributed by atoms with E-state index in [9.17, 15) is 4.79 Å². The van der Waals surface area contributed by atoms with Crippen LogP contribution in [0.15, 0.2) is 30.5 Å². The van der Waals surface area contributed by atoms with E-state index >= 15 is 0 Å². The molecule has 1 aromatic carbocycles. The smallest absolute Gasteiger partial charge is 0.170 e. The third kappa shape index (κ3) is 3.21. The van der Waals surface area contributed by atoms with Gasteiger partial charge in [-0.15, -0.1) is 0 Å². The van der Waals surface area contributed by atoms with Crippen LogP contribution in [0.2, 0.25) is 0 Å². The van der Waals surface area contributed by atoms with Gasteiger partial charge >= 0.3 is 0 Å². The van der Waals surface area contributed by atoms with E-state index in [4.69, 9.17) is 4.74 Å². The highest BCUT2D eigenvalue weighted by atomic mass is 16.5. The van der Waals surface area contributed by atoms with Crippen molar-refractivity contribution in [3.63, 3.8) is 0 Å². The number of Topliss-reactive ketones (excluding diaryl/α,β-unsaturated/α-hetero) is 1. The molecule has 0 aliphatic carbocycles. The molecule has 5 heteroatoms. The van der Waals surface area contributed by atoms with Crippen LogP contribution in [0, 0.1) is 6.92 Å². The number of fused-ring (bicyclic) bond motifs is 1. The molecule has 2 aliphatic heterocycles. The van der Waals surface area contributed by atoms with Gasteiger partial charge in [0.2, 0.25) is 0 Å². The molecule has 1 aromatic heterocycles. The molecule has 4 rings (SSSR count). The fraction of sp³-hybridized carbons (Fsp3) is 0.500. The molecular formula is C20H25N3O2. The van der Waals surface area contributed by atoms with Crippen molar-refractivity contribution >= 4 is 5.78 Å². The van der Waals surface area contributed by atoms with Gasteiger partial charge in [-0.25, -0.2) is 4.98 Å². The number of carbonyl (C=O) groups is 1. The number of ketones is 1. The van der Waals surface area contributed by atoms with Gasteiger partial charge in [0.15, 0.2) is 5.78 Å². The fourth-order valence-electron chi connectivity index (χ4n) is 4.04. The topological polar surface area (TPSA) is 47.4 Å². The van der Waals surface area contributed by atoms with Crippen LogP contribution in [0.3, 0.4) is 0 Å². The molecule has 0 bridgehead atoms. The number of rotatable bonds is 2. The Balaban J connectivity index is 1.47. The minimum absolute atomic E-state index is 0.218. The molecular weight excluding hydrogens is 314 g/mol. The minimum Gasteiger partial charge on any atom is -0.486 e. The van der Waals surface area contributed by atoms with E-state index < -0.39 is 0 Å². The molecule has 1 saturated heterocycles. The summed E-state index contributed by atoms with van der Waals surface area (Å²) in [6, 6.07) is 7.64. The zero-order valence-electron chi connectivity index (χ0n) is 15.0. The number of para-hydroxylation sites is 1. The molecule has 0 saturated carbocycles. The van der Waals surface area contributed by atoms with Gasteiger partial charge in [0.1, 0.15) is 17.2 Å². The lowest BCUT2D eigenvalue weighted by atomic mass is 9.84. The maximum atomic E-state index is 12.6. The summed E-state index contributed by atoms with van der Waals surface area (Å²) in [5, 5.41) is 0. The van der Waals surface area contributed by atoms with E-state index in [1.165, 1.54) is 0 Å². The first-order valence-electron chi connectivity index (χ1n) is 9.07. The third-order valence-corrected chi connectivity index (χ3v) is 5.53. The molecule has 25 heavy (non-hydrogen) atoms. The van der Waals surface area contributed by atoms with Crippen LogP contribution in [0.25, 0.3) is 0 Å². The van der Waals surface area contributed by atoms with Crippen LogP contribution in [0.1, 0.15) is 47.6 Å². The average molecular weight is 339 g/mol. The van der Waals surface area contributed by atoms with Gasteiger partial charge in [-0.2, -0.15) is 0 Å². The molecule has 0 N–H and O–H groups in total. The van der Waals surface area contributed by atoms with Crippen molar-refractivity contribution in [2.24, 2.45) is 7.05 Å². The normalized spacial score (nSPS) is 24.0. The number of likely N-dealkylation sites (tertiary alicyclic amines) is 1. The summed E-state index contributed by atoms with van der Waals surface area (Å²) in [5.74, 6) is 2.02. The summed E-state index contributed by atoms with van der Waals surface area (Å²) in [7, 11) is 2.03.